The molecule has 1 N–H and O–H groups in total. The minimum Gasteiger partial charge on any atom is -0.496 e. The Morgan fingerprint density at radius 2 is 1.74 bits per heavy atom. The Morgan fingerprint density at radius 3 is 2.57 bits per heavy atom. The molecule has 0 fully saturated rings. The molecule has 0 radical (unpaired) electrons. The van der Waals surface area contributed by atoms with Crippen molar-refractivity contribution in [2.45, 2.75) is 22.9 Å². The Hall–Kier alpha value is -4.10. The Kier molecular flexibility index (Phi) is 6.50. The number of aromatic nitrogens is 1. The van der Waals surface area contributed by atoms with Crippen molar-refractivity contribution in [2.75, 3.05) is 17.3 Å². The molecule has 6 nitrogen and oxygen atoms in total. The molecule has 0 saturated heterocycles. The van der Waals surface area contributed by atoms with Gasteiger partial charge in [-0.15, -0.1) is 0 Å². The molecule has 0 atom stereocenters. The van der Waals surface area contributed by atoms with Gasteiger partial charge in [-0.25, -0.2) is 4.98 Å². The van der Waals surface area contributed by atoms with Crippen LogP contribution in [0.2, 0.25) is 0 Å². The van der Waals surface area contributed by atoms with E-state index < -0.39 is 0 Å². The van der Waals surface area contributed by atoms with Crippen molar-refractivity contribution in [1.29, 1.82) is 0 Å². The molecule has 35 heavy (non-hydrogen) atoms. The Bertz CT molecular complexity index is 1390. The first-order valence-electron chi connectivity index (χ1n) is 11.2. The molecule has 0 unspecified atom stereocenters. The predicted molar refractivity (Wildman–Crippen MR) is 137 cm³/mol. The summed E-state index contributed by atoms with van der Waals surface area (Å²) >= 11 is 1.57. The van der Waals surface area contributed by atoms with Gasteiger partial charge in [0.05, 0.1) is 25.8 Å². The van der Waals surface area contributed by atoms with Gasteiger partial charge in [-0.2, -0.15) is 0 Å². The number of para-hydroxylation sites is 1. The molecule has 2 heterocycles. The zero-order chi connectivity index (χ0) is 24.2. The van der Waals surface area contributed by atoms with E-state index in [1.165, 1.54) is 0 Å². The zero-order valence-electron chi connectivity index (χ0n) is 19.1. The molecule has 174 valence electrons. The summed E-state index contributed by atoms with van der Waals surface area (Å²) in [5, 5.41) is 3.69. The molecular weight excluding hydrogens is 458 g/mol. The standard InChI is InChI=1S/C28H23N3O3S/c1-34-24-10-4-2-7-20(24)17-26(32)30-22-14-12-19(13-15-22)28(33)31-18-21-8-3-5-11-25(21)35-27-23(31)9-6-16-29-27/h2-16H,17-18H2,1H3,(H,30,32). The minimum absolute atomic E-state index is 0.122. The van der Waals surface area contributed by atoms with Crippen molar-refractivity contribution < 1.29 is 14.3 Å². The quantitative estimate of drug-likeness (QED) is 0.403. The van der Waals surface area contributed by atoms with Crippen molar-refractivity contribution in [1.82, 2.24) is 4.98 Å². The number of benzene rings is 3. The van der Waals surface area contributed by atoms with Crippen LogP contribution in [0.15, 0.2) is 101 Å². The smallest absolute Gasteiger partial charge is 0.258 e. The first-order chi connectivity index (χ1) is 17.1. The fraction of sp³-hybridized carbons (Fsp3) is 0.107. The van der Waals surface area contributed by atoms with Gasteiger partial charge < -0.3 is 15.0 Å². The van der Waals surface area contributed by atoms with E-state index in [9.17, 15) is 9.59 Å². The van der Waals surface area contributed by atoms with E-state index in [1.54, 1.807) is 54.2 Å². The topological polar surface area (TPSA) is 71.5 Å². The maximum atomic E-state index is 13.6. The largest absolute Gasteiger partial charge is 0.496 e. The fourth-order valence-electron chi connectivity index (χ4n) is 4.02. The lowest BCUT2D eigenvalue weighted by Crippen LogP contribution is -2.30. The number of carbonyl (C=O) groups excluding carboxylic acids is 2. The summed E-state index contributed by atoms with van der Waals surface area (Å²) in [6.07, 6.45) is 1.93. The average molecular weight is 482 g/mol. The van der Waals surface area contributed by atoms with Crippen LogP contribution in [0.25, 0.3) is 0 Å². The van der Waals surface area contributed by atoms with E-state index in [4.69, 9.17) is 4.74 Å². The lowest BCUT2D eigenvalue weighted by molar-refractivity contribution is -0.115. The number of rotatable bonds is 5. The third-order valence-corrected chi connectivity index (χ3v) is 6.88. The molecule has 3 aromatic carbocycles. The first kappa shape index (κ1) is 22.7. The lowest BCUT2D eigenvalue weighted by Gasteiger charge is -2.22. The van der Waals surface area contributed by atoms with Crippen LogP contribution in [0, 0.1) is 0 Å². The molecule has 1 aliphatic rings. The number of nitrogens with zero attached hydrogens (tertiary/aromatic N) is 2. The van der Waals surface area contributed by atoms with Gasteiger partial charge in [0.1, 0.15) is 10.8 Å². The van der Waals surface area contributed by atoms with Crippen LogP contribution in [0.5, 0.6) is 5.75 Å². The molecule has 0 aliphatic carbocycles. The van der Waals surface area contributed by atoms with Crippen molar-refractivity contribution in [3.05, 3.63) is 108 Å². The highest BCUT2D eigenvalue weighted by atomic mass is 32.2. The number of nitrogens with one attached hydrogen (secondary N) is 1. The number of ether oxygens (including phenoxy) is 1. The molecule has 0 saturated carbocycles. The molecule has 1 aromatic heterocycles. The Morgan fingerprint density at radius 1 is 0.971 bits per heavy atom. The van der Waals surface area contributed by atoms with Crippen LogP contribution in [0.1, 0.15) is 21.5 Å². The third kappa shape index (κ3) is 4.90. The summed E-state index contributed by atoms with van der Waals surface area (Å²) in [4.78, 5) is 33.5. The second-order valence-electron chi connectivity index (χ2n) is 8.04. The van der Waals surface area contributed by atoms with Gasteiger partial charge in [0.2, 0.25) is 5.91 Å². The minimum atomic E-state index is -0.158. The van der Waals surface area contributed by atoms with E-state index in [2.05, 4.69) is 16.4 Å². The zero-order valence-corrected chi connectivity index (χ0v) is 19.9. The molecule has 4 aromatic rings. The number of hydrogen-bond acceptors (Lipinski definition) is 5. The number of carbonyl (C=O) groups is 2. The highest BCUT2D eigenvalue weighted by molar-refractivity contribution is 7.99. The molecule has 7 heteroatoms. The normalized spacial score (nSPS) is 12.2. The number of anilines is 2. The molecule has 0 bridgehead atoms. The number of fused-ring (bicyclic) bond motifs is 2. The summed E-state index contributed by atoms with van der Waals surface area (Å²) in [6.45, 7) is 0.456. The summed E-state index contributed by atoms with van der Waals surface area (Å²) in [6, 6.07) is 26.2. The maximum absolute atomic E-state index is 13.6. The highest BCUT2D eigenvalue weighted by Crippen LogP contribution is 2.40. The van der Waals surface area contributed by atoms with Gasteiger partial charge in [0.15, 0.2) is 0 Å². The van der Waals surface area contributed by atoms with Gasteiger partial charge in [0.25, 0.3) is 5.91 Å². The maximum Gasteiger partial charge on any atom is 0.258 e. The molecule has 2 amide bonds. The fourth-order valence-corrected chi connectivity index (χ4v) is 5.04. The van der Waals surface area contributed by atoms with Crippen LogP contribution in [-0.2, 0) is 17.8 Å². The second-order valence-corrected chi connectivity index (χ2v) is 9.07. The van der Waals surface area contributed by atoms with Crippen molar-refractivity contribution in [3.63, 3.8) is 0 Å². The monoisotopic (exact) mass is 481 g/mol. The Labute approximate surface area is 208 Å². The van der Waals surface area contributed by atoms with Crippen LogP contribution in [-0.4, -0.2) is 23.9 Å². The number of pyridine rings is 1. The number of methoxy groups -OCH3 is 1. The van der Waals surface area contributed by atoms with E-state index in [-0.39, 0.29) is 18.2 Å². The van der Waals surface area contributed by atoms with Crippen molar-refractivity contribution >= 4 is 35.0 Å². The summed E-state index contributed by atoms with van der Waals surface area (Å²) in [5.74, 6) is 0.397. The van der Waals surface area contributed by atoms with Crippen LogP contribution in [0.3, 0.4) is 0 Å². The average Bonchev–Trinajstić information content (AvgIpc) is 3.06. The molecular formula is C28H23N3O3S. The molecule has 0 spiro atoms. The van der Waals surface area contributed by atoms with Gasteiger partial charge in [-0.1, -0.05) is 48.2 Å². The van der Waals surface area contributed by atoms with Gasteiger partial charge in [0, 0.05) is 27.9 Å². The van der Waals surface area contributed by atoms with E-state index in [0.717, 1.165) is 26.7 Å². The number of amides is 2. The van der Waals surface area contributed by atoms with E-state index >= 15 is 0 Å². The lowest BCUT2D eigenvalue weighted by atomic mass is 10.1. The van der Waals surface area contributed by atoms with E-state index in [0.29, 0.717) is 23.5 Å². The van der Waals surface area contributed by atoms with E-state index in [1.807, 2.05) is 54.6 Å². The predicted octanol–water partition coefficient (Wildman–Crippen LogP) is 5.58. The summed E-state index contributed by atoms with van der Waals surface area (Å²) < 4.78 is 5.32. The first-order valence-corrected chi connectivity index (χ1v) is 12.0. The van der Waals surface area contributed by atoms with Crippen LogP contribution < -0.4 is 15.0 Å². The number of hydrogen-bond donors (Lipinski definition) is 1. The van der Waals surface area contributed by atoms with Crippen molar-refractivity contribution in [2.24, 2.45) is 0 Å². The van der Waals surface area contributed by atoms with Crippen LogP contribution >= 0.6 is 11.8 Å². The SMILES string of the molecule is COc1ccccc1CC(=O)Nc1ccc(C(=O)N2Cc3ccccc3Sc3ncccc32)cc1. The van der Waals surface area contributed by atoms with Gasteiger partial charge >= 0.3 is 0 Å². The summed E-state index contributed by atoms with van der Waals surface area (Å²) in [7, 11) is 1.59. The van der Waals surface area contributed by atoms with Crippen LogP contribution in [0.4, 0.5) is 11.4 Å². The van der Waals surface area contributed by atoms with Gasteiger partial charge in [-0.05, 0) is 54.1 Å². The van der Waals surface area contributed by atoms with Gasteiger partial charge in [-0.3, -0.25) is 9.59 Å². The van der Waals surface area contributed by atoms with Crippen molar-refractivity contribution in [3.8, 4) is 5.75 Å². The molecule has 5 rings (SSSR count). The molecule has 1 aliphatic heterocycles. The summed E-state index contributed by atoms with van der Waals surface area (Å²) in [5.41, 5.74) is 3.83. The second kappa shape index (κ2) is 10.0. The highest BCUT2D eigenvalue weighted by Gasteiger charge is 2.26. The third-order valence-electron chi connectivity index (χ3n) is 5.75. The Balaban J connectivity index is 1.34.